The summed E-state index contributed by atoms with van der Waals surface area (Å²) in [7, 11) is 3.51. The average molecular weight is 302 g/mol. The van der Waals surface area contributed by atoms with Gasteiger partial charge in [-0.05, 0) is 23.8 Å². The van der Waals surface area contributed by atoms with E-state index in [0.29, 0.717) is 10.8 Å². The second kappa shape index (κ2) is 5.39. The molecule has 0 saturated heterocycles. The summed E-state index contributed by atoms with van der Waals surface area (Å²) in [5.41, 5.74) is 9.22. The third-order valence-corrected chi connectivity index (χ3v) is 3.93. The van der Waals surface area contributed by atoms with Gasteiger partial charge in [0.2, 0.25) is 0 Å². The standard InChI is InChI=1S/C16H16ClN3O/c1-20-13-6-4-3-5-11(13)16(19-20)15(18)10-7-8-12(17)14(9-10)21-2/h3-9,15H,18H2,1-2H3. The molecule has 0 fully saturated rings. The Balaban J connectivity index is 2.10. The number of benzene rings is 2. The molecule has 0 saturated carbocycles. The van der Waals surface area contributed by atoms with Crippen molar-refractivity contribution in [2.75, 3.05) is 7.11 Å². The molecule has 3 rings (SSSR count). The Morgan fingerprint density at radius 2 is 2.00 bits per heavy atom. The molecule has 1 atom stereocenters. The maximum atomic E-state index is 6.39. The Labute approximate surface area is 128 Å². The van der Waals surface area contributed by atoms with E-state index < -0.39 is 0 Å². The lowest BCUT2D eigenvalue weighted by Gasteiger charge is -2.12. The van der Waals surface area contributed by atoms with Crippen molar-refractivity contribution in [1.29, 1.82) is 0 Å². The lowest BCUT2D eigenvalue weighted by molar-refractivity contribution is 0.414. The molecule has 0 aliphatic carbocycles. The number of fused-ring (bicyclic) bond motifs is 1. The third-order valence-electron chi connectivity index (χ3n) is 3.62. The molecule has 1 unspecified atom stereocenters. The highest BCUT2D eigenvalue weighted by atomic mass is 35.5. The molecule has 2 N–H and O–H groups in total. The lowest BCUT2D eigenvalue weighted by Crippen LogP contribution is -2.13. The van der Waals surface area contributed by atoms with Crippen LogP contribution in [0, 0.1) is 0 Å². The van der Waals surface area contributed by atoms with Crippen LogP contribution < -0.4 is 10.5 Å². The van der Waals surface area contributed by atoms with Gasteiger partial charge in [-0.1, -0.05) is 35.9 Å². The number of ether oxygens (including phenoxy) is 1. The first-order valence-electron chi connectivity index (χ1n) is 6.62. The molecule has 1 aromatic heterocycles. The normalized spacial score (nSPS) is 12.6. The zero-order chi connectivity index (χ0) is 15.0. The van der Waals surface area contributed by atoms with Crippen LogP contribution in [0.4, 0.5) is 0 Å². The number of aryl methyl sites for hydroxylation is 1. The van der Waals surface area contributed by atoms with Gasteiger partial charge in [-0.2, -0.15) is 5.10 Å². The smallest absolute Gasteiger partial charge is 0.137 e. The van der Waals surface area contributed by atoms with E-state index in [1.165, 1.54) is 0 Å². The van der Waals surface area contributed by atoms with Crippen molar-refractivity contribution in [3.8, 4) is 5.75 Å². The Kier molecular flexibility index (Phi) is 3.57. The highest BCUT2D eigenvalue weighted by Gasteiger charge is 2.18. The van der Waals surface area contributed by atoms with E-state index in [1.54, 1.807) is 13.2 Å². The van der Waals surface area contributed by atoms with Gasteiger partial charge in [0.05, 0.1) is 29.4 Å². The Bertz CT molecular complexity index is 797. The summed E-state index contributed by atoms with van der Waals surface area (Å²) >= 11 is 6.06. The van der Waals surface area contributed by atoms with Crippen LogP contribution in [0.2, 0.25) is 5.02 Å². The van der Waals surface area contributed by atoms with Crippen molar-refractivity contribution in [3.63, 3.8) is 0 Å². The average Bonchev–Trinajstić information content (AvgIpc) is 2.85. The maximum absolute atomic E-state index is 6.39. The number of nitrogens with zero attached hydrogens (tertiary/aromatic N) is 2. The van der Waals surface area contributed by atoms with E-state index in [-0.39, 0.29) is 6.04 Å². The van der Waals surface area contributed by atoms with Crippen LogP contribution >= 0.6 is 11.6 Å². The number of methoxy groups -OCH3 is 1. The molecule has 0 aliphatic rings. The predicted octanol–water partition coefficient (Wildman–Crippen LogP) is 3.28. The van der Waals surface area contributed by atoms with Crippen molar-refractivity contribution in [2.45, 2.75) is 6.04 Å². The Morgan fingerprint density at radius 3 is 2.76 bits per heavy atom. The summed E-state index contributed by atoms with van der Waals surface area (Å²) < 4.78 is 7.10. The molecule has 4 nitrogen and oxygen atoms in total. The predicted molar refractivity (Wildman–Crippen MR) is 84.7 cm³/mol. The summed E-state index contributed by atoms with van der Waals surface area (Å²) in [6.45, 7) is 0. The van der Waals surface area contributed by atoms with Crippen LogP contribution in [0.25, 0.3) is 10.9 Å². The number of para-hydroxylation sites is 1. The highest BCUT2D eigenvalue weighted by molar-refractivity contribution is 6.32. The fraction of sp³-hybridized carbons (Fsp3) is 0.188. The van der Waals surface area contributed by atoms with E-state index in [4.69, 9.17) is 22.1 Å². The summed E-state index contributed by atoms with van der Waals surface area (Å²) in [5.74, 6) is 0.616. The molecule has 0 radical (unpaired) electrons. The van der Waals surface area contributed by atoms with Crippen LogP contribution in [0.5, 0.6) is 5.75 Å². The minimum atomic E-state index is -0.331. The van der Waals surface area contributed by atoms with E-state index in [9.17, 15) is 0 Å². The SMILES string of the molecule is COc1cc(C(N)c2nn(C)c3ccccc23)ccc1Cl. The molecule has 0 spiro atoms. The number of nitrogens with two attached hydrogens (primary N) is 1. The molecule has 0 amide bonds. The molecule has 0 aliphatic heterocycles. The van der Waals surface area contributed by atoms with Gasteiger partial charge in [0.1, 0.15) is 5.75 Å². The van der Waals surface area contributed by atoms with Gasteiger partial charge in [0.25, 0.3) is 0 Å². The number of halogens is 1. The number of rotatable bonds is 3. The summed E-state index contributed by atoms with van der Waals surface area (Å²) in [6, 6.07) is 13.3. The Morgan fingerprint density at radius 1 is 1.24 bits per heavy atom. The van der Waals surface area contributed by atoms with Gasteiger partial charge in [-0.3, -0.25) is 4.68 Å². The molecule has 108 valence electrons. The van der Waals surface area contributed by atoms with Crippen LogP contribution in [-0.2, 0) is 7.05 Å². The van der Waals surface area contributed by atoms with Crippen molar-refractivity contribution < 1.29 is 4.74 Å². The first-order valence-corrected chi connectivity index (χ1v) is 7.00. The second-order valence-electron chi connectivity index (χ2n) is 4.90. The van der Waals surface area contributed by atoms with Crippen molar-refractivity contribution in [1.82, 2.24) is 9.78 Å². The van der Waals surface area contributed by atoms with Gasteiger partial charge in [-0.25, -0.2) is 0 Å². The zero-order valence-electron chi connectivity index (χ0n) is 11.9. The van der Waals surface area contributed by atoms with E-state index in [1.807, 2.05) is 48.1 Å². The van der Waals surface area contributed by atoms with Crippen LogP contribution in [0.1, 0.15) is 17.3 Å². The molecule has 0 bridgehead atoms. The minimum absolute atomic E-state index is 0.331. The first-order chi connectivity index (χ1) is 10.1. The summed E-state index contributed by atoms with van der Waals surface area (Å²) in [5, 5.41) is 6.19. The van der Waals surface area contributed by atoms with Crippen molar-refractivity contribution >= 4 is 22.5 Å². The molecule has 2 aromatic carbocycles. The quantitative estimate of drug-likeness (QED) is 0.807. The lowest BCUT2D eigenvalue weighted by atomic mass is 10.0. The number of hydrogen-bond acceptors (Lipinski definition) is 3. The van der Waals surface area contributed by atoms with Gasteiger partial charge < -0.3 is 10.5 Å². The van der Waals surface area contributed by atoms with Crippen LogP contribution in [0.3, 0.4) is 0 Å². The molecule has 21 heavy (non-hydrogen) atoms. The molecular weight excluding hydrogens is 286 g/mol. The van der Waals surface area contributed by atoms with E-state index in [2.05, 4.69) is 5.10 Å². The molecule has 1 heterocycles. The van der Waals surface area contributed by atoms with Crippen LogP contribution in [0.15, 0.2) is 42.5 Å². The fourth-order valence-electron chi connectivity index (χ4n) is 2.50. The first kappa shape index (κ1) is 13.9. The monoisotopic (exact) mass is 301 g/mol. The number of aromatic nitrogens is 2. The van der Waals surface area contributed by atoms with Crippen LogP contribution in [-0.4, -0.2) is 16.9 Å². The highest BCUT2D eigenvalue weighted by Crippen LogP contribution is 2.31. The minimum Gasteiger partial charge on any atom is -0.495 e. The van der Waals surface area contributed by atoms with Crippen molar-refractivity contribution in [2.24, 2.45) is 12.8 Å². The summed E-state index contributed by atoms with van der Waals surface area (Å²) in [6.07, 6.45) is 0. The molecular formula is C16H16ClN3O. The van der Waals surface area contributed by atoms with Crippen molar-refractivity contribution in [3.05, 3.63) is 58.7 Å². The van der Waals surface area contributed by atoms with E-state index in [0.717, 1.165) is 22.2 Å². The maximum Gasteiger partial charge on any atom is 0.137 e. The third kappa shape index (κ3) is 2.37. The topological polar surface area (TPSA) is 53.1 Å². The zero-order valence-corrected chi connectivity index (χ0v) is 12.6. The number of hydrogen-bond donors (Lipinski definition) is 1. The van der Waals surface area contributed by atoms with Gasteiger partial charge in [0.15, 0.2) is 0 Å². The van der Waals surface area contributed by atoms with E-state index >= 15 is 0 Å². The second-order valence-corrected chi connectivity index (χ2v) is 5.30. The fourth-order valence-corrected chi connectivity index (χ4v) is 2.69. The molecule has 3 aromatic rings. The van der Waals surface area contributed by atoms with Gasteiger partial charge >= 0.3 is 0 Å². The van der Waals surface area contributed by atoms with Gasteiger partial charge in [-0.15, -0.1) is 0 Å². The van der Waals surface area contributed by atoms with Gasteiger partial charge in [0, 0.05) is 12.4 Å². The largest absolute Gasteiger partial charge is 0.495 e. The molecule has 5 heteroatoms. The summed E-state index contributed by atoms with van der Waals surface area (Å²) in [4.78, 5) is 0. The Hall–Kier alpha value is -2.04.